The molecule has 0 aliphatic carbocycles. The van der Waals surface area contributed by atoms with Gasteiger partial charge in [0.1, 0.15) is 11.6 Å². The number of hydrogen-bond donors (Lipinski definition) is 5. The number of urea groups is 1. The van der Waals surface area contributed by atoms with Gasteiger partial charge in [0, 0.05) is 47.3 Å². The third-order valence-corrected chi connectivity index (χ3v) is 7.11. The maximum Gasteiger partial charge on any atom is 0.323 e. The molecule has 9 nitrogen and oxygen atoms in total. The van der Waals surface area contributed by atoms with Crippen molar-refractivity contribution in [3.05, 3.63) is 101 Å². The van der Waals surface area contributed by atoms with Gasteiger partial charge in [-0.25, -0.2) is 14.2 Å². The van der Waals surface area contributed by atoms with E-state index in [1.165, 1.54) is 23.5 Å². The summed E-state index contributed by atoms with van der Waals surface area (Å²) in [7, 11) is 0. The minimum atomic E-state index is -0.583. The number of nitrogens with two attached hydrogens (primary N) is 2. The zero-order valence-electron chi connectivity index (χ0n) is 21.6. The molecule has 11 heteroatoms. The van der Waals surface area contributed by atoms with E-state index >= 15 is 0 Å². The first-order valence-corrected chi connectivity index (χ1v) is 13.3. The Bertz CT molecular complexity index is 1800. The zero-order valence-corrected chi connectivity index (χ0v) is 22.4. The average Bonchev–Trinajstić information content (AvgIpc) is 3.44. The quantitative estimate of drug-likeness (QED) is 0.184. The Morgan fingerprint density at radius 2 is 1.80 bits per heavy atom. The fraction of sp³-hybridized carbons (Fsp3) is 0.0667. The highest BCUT2D eigenvalue weighted by Gasteiger charge is 2.14. The number of fused-ring (bicyclic) bond motifs is 1. The first-order chi connectivity index (χ1) is 19.9. The number of nitrogens with one attached hydrogen (secondary N) is 3. The summed E-state index contributed by atoms with van der Waals surface area (Å²) >= 11 is 1.49. The molecule has 0 fully saturated rings. The summed E-state index contributed by atoms with van der Waals surface area (Å²) in [4.78, 5) is 32.9. The van der Waals surface area contributed by atoms with Crippen LogP contribution in [-0.4, -0.2) is 28.5 Å². The minimum absolute atomic E-state index is 0.0461. The van der Waals surface area contributed by atoms with E-state index in [0.717, 1.165) is 21.2 Å². The van der Waals surface area contributed by atoms with Crippen LogP contribution in [0.1, 0.15) is 21.5 Å². The van der Waals surface area contributed by atoms with Gasteiger partial charge in [-0.3, -0.25) is 9.78 Å². The topological polar surface area (TPSA) is 148 Å². The summed E-state index contributed by atoms with van der Waals surface area (Å²) < 4.78 is 14.9. The summed E-state index contributed by atoms with van der Waals surface area (Å²) in [6.07, 6.45) is 4.73. The molecular weight excluding hydrogens is 541 g/mol. The zero-order chi connectivity index (χ0) is 28.8. The van der Waals surface area contributed by atoms with Gasteiger partial charge in [0.15, 0.2) is 0 Å². The Kier molecular flexibility index (Phi) is 8.15. The van der Waals surface area contributed by atoms with Crippen molar-refractivity contribution in [3.63, 3.8) is 0 Å². The number of amides is 3. The Labute approximate surface area is 238 Å². The standard InChI is InChI=1S/C30H24FN7O2S/c31-24-8-3-18(15-32)14-25(24)38-30(40)37-22-6-4-19(5-7-22)23-17-41-27-21(16-36-28(33)26(23)27)2-1-11-35-29(39)20-9-12-34-13-10-20/h3-10,12-14,16-17H,11,15,32H2,(H2,33,36)(H,35,39)(H2,37,38,40). The van der Waals surface area contributed by atoms with Crippen molar-refractivity contribution in [1.29, 1.82) is 0 Å². The van der Waals surface area contributed by atoms with Gasteiger partial charge in [-0.1, -0.05) is 30.0 Å². The van der Waals surface area contributed by atoms with Gasteiger partial charge in [-0.2, -0.15) is 0 Å². The highest BCUT2D eigenvalue weighted by molar-refractivity contribution is 7.18. The number of aromatic nitrogens is 2. The van der Waals surface area contributed by atoms with Crippen LogP contribution in [0.4, 0.5) is 26.4 Å². The molecule has 0 saturated heterocycles. The molecule has 0 spiro atoms. The number of carbonyl (C=O) groups excluding carboxylic acids is 2. The average molecular weight is 566 g/mol. The number of hydrogen-bond acceptors (Lipinski definition) is 7. The largest absolute Gasteiger partial charge is 0.383 e. The van der Waals surface area contributed by atoms with Crippen molar-refractivity contribution in [2.75, 3.05) is 22.9 Å². The molecule has 0 unspecified atom stereocenters. The van der Waals surface area contributed by atoms with Crippen molar-refractivity contribution in [1.82, 2.24) is 15.3 Å². The molecule has 3 amide bonds. The molecule has 41 heavy (non-hydrogen) atoms. The Balaban J connectivity index is 1.28. The van der Waals surface area contributed by atoms with E-state index in [4.69, 9.17) is 11.5 Å². The van der Waals surface area contributed by atoms with Crippen LogP contribution >= 0.6 is 11.3 Å². The number of benzene rings is 2. The highest BCUT2D eigenvalue weighted by Crippen LogP contribution is 2.38. The van der Waals surface area contributed by atoms with E-state index in [1.54, 1.807) is 48.9 Å². The summed E-state index contributed by atoms with van der Waals surface area (Å²) in [6, 6.07) is 14.2. The highest BCUT2D eigenvalue weighted by atomic mass is 32.1. The summed E-state index contributed by atoms with van der Waals surface area (Å²) in [6.45, 7) is 0.396. The first kappa shape index (κ1) is 27.3. The van der Waals surface area contributed by atoms with Gasteiger partial charge in [0.25, 0.3) is 5.91 Å². The minimum Gasteiger partial charge on any atom is -0.383 e. The van der Waals surface area contributed by atoms with Crippen LogP contribution in [0.3, 0.4) is 0 Å². The number of nitrogen functional groups attached to an aromatic ring is 1. The molecule has 5 rings (SSSR count). The molecule has 3 aromatic heterocycles. The molecule has 0 bridgehead atoms. The fourth-order valence-electron chi connectivity index (χ4n) is 4.05. The van der Waals surface area contributed by atoms with Crippen molar-refractivity contribution in [3.8, 4) is 23.0 Å². The monoisotopic (exact) mass is 565 g/mol. The van der Waals surface area contributed by atoms with Gasteiger partial charge in [-0.15, -0.1) is 11.3 Å². The van der Waals surface area contributed by atoms with Gasteiger partial charge in [0.2, 0.25) is 0 Å². The summed E-state index contributed by atoms with van der Waals surface area (Å²) in [5, 5.41) is 10.7. The second kappa shape index (κ2) is 12.3. The maximum absolute atomic E-state index is 14.1. The summed E-state index contributed by atoms with van der Waals surface area (Å²) in [5.41, 5.74) is 16.1. The molecule has 0 aliphatic heterocycles. The van der Waals surface area contributed by atoms with Gasteiger partial charge < -0.3 is 27.4 Å². The molecule has 0 atom stereocenters. The molecule has 204 valence electrons. The lowest BCUT2D eigenvalue weighted by Gasteiger charge is -2.10. The van der Waals surface area contributed by atoms with Gasteiger partial charge in [0.05, 0.1) is 22.5 Å². The second-order valence-corrected chi connectivity index (χ2v) is 9.69. The Hall–Kier alpha value is -5.31. The lowest BCUT2D eigenvalue weighted by molar-refractivity contribution is 0.0958. The van der Waals surface area contributed by atoms with Gasteiger partial charge >= 0.3 is 6.03 Å². The molecular formula is C30H24FN7O2S. The third kappa shape index (κ3) is 6.30. The van der Waals surface area contributed by atoms with Crippen LogP contribution in [0, 0.1) is 17.7 Å². The van der Waals surface area contributed by atoms with E-state index < -0.39 is 11.8 Å². The number of nitrogens with zero attached hydrogens (tertiary/aromatic N) is 2. The van der Waals surface area contributed by atoms with Crippen LogP contribution < -0.4 is 27.4 Å². The van der Waals surface area contributed by atoms with E-state index in [1.807, 2.05) is 17.5 Å². The molecule has 0 saturated carbocycles. The SMILES string of the molecule is NCc1ccc(F)c(NC(=O)Nc2ccc(-c3csc4c(C#CCNC(=O)c5ccncc5)cnc(N)c34)cc2)c1. The molecule has 0 radical (unpaired) electrons. The van der Waals surface area contributed by atoms with Crippen molar-refractivity contribution < 1.29 is 14.0 Å². The van der Waals surface area contributed by atoms with Crippen LogP contribution in [0.15, 0.2) is 78.6 Å². The molecule has 3 heterocycles. The molecule has 0 aliphatic rings. The predicted molar refractivity (Wildman–Crippen MR) is 160 cm³/mol. The lowest BCUT2D eigenvalue weighted by Crippen LogP contribution is -2.23. The maximum atomic E-state index is 14.1. The van der Waals surface area contributed by atoms with E-state index in [-0.39, 0.29) is 24.7 Å². The molecule has 5 aromatic rings. The third-order valence-electron chi connectivity index (χ3n) is 6.10. The van der Waals surface area contributed by atoms with E-state index in [2.05, 4.69) is 37.8 Å². The van der Waals surface area contributed by atoms with Crippen LogP contribution in [0.2, 0.25) is 0 Å². The van der Waals surface area contributed by atoms with Crippen molar-refractivity contribution >= 4 is 50.6 Å². The number of anilines is 3. The van der Waals surface area contributed by atoms with Crippen LogP contribution in [0.25, 0.3) is 21.2 Å². The van der Waals surface area contributed by atoms with Crippen molar-refractivity contribution in [2.24, 2.45) is 5.73 Å². The van der Waals surface area contributed by atoms with Crippen molar-refractivity contribution in [2.45, 2.75) is 6.54 Å². The first-order valence-electron chi connectivity index (χ1n) is 12.4. The fourth-order valence-corrected chi connectivity index (χ4v) is 5.10. The van der Waals surface area contributed by atoms with Crippen LogP contribution in [0.5, 0.6) is 0 Å². The number of carbonyl (C=O) groups is 2. The van der Waals surface area contributed by atoms with Crippen LogP contribution in [-0.2, 0) is 6.54 Å². The van der Waals surface area contributed by atoms with Gasteiger partial charge in [-0.05, 0) is 52.9 Å². The number of thiophene rings is 1. The second-order valence-electron chi connectivity index (χ2n) is 8.81. The Morgan fingerprint density at radius 3 is 2.56 bits per heavy atom. The lowest BCUT2D eigenvalue weighted by atomic mass is 10.0. The van der Waals surface area contributed by atoms with E-state index in [9.17, 15) is 14.0 Å². The number of rotatable bonds is 6. The number of pyridine rings is 2. The van der Waals surface area contributed by atoms with E-state index in [0.29, 0.717) is 28.2 Å². The summed E-state index contributed by atoms with van der Waals surface area (Å²) in [5.74, 6) is 5.63. The smallest absolute Gasteiger partial charge is 0.323 e. The Morgan fingerprint density at radius 1 is 1.02 bits per heavy atom. The molecule has 2 aromatic carbocycles. The number of halogens is 1. The normalized spacial score (nSPS) is 10.5. The predicted octanol–water partition coefficient (Wildman–Crippen LogP) is 4.96. The molecule has 7 N–H and O–H groups in total.